The minimum atomic E-state index is -0.949. The van der Waals surface area contributed by atoms with Gasteiger partial charge in [-0.15, -0.1) is 23.2 Å². The monoisotopic (exact) mass is 327 g/mol. The number of halogens is 2. The number of esters is 1. The topological polar surface area (TPSA) is 66.8 Å². The summed E-state index contributed by atoms with van der Waals surface area (Å²) in [5.74, 6) is -0.712. The van der Waals surface area contributed by atoms with E-state index in [0.717, 1.165) is 0 Å². The molecule has 7 heteroatoms. The predicted molar refractivity (Wildman–Crippen MR) is 79.5 cm³/mol. The molecule has 0 radical (unpaired) electrons. The van der Waals surface area contributed by atoms with E-state index >= 15 is 0 Å². The molecule has 0 aromatic heterocycles. The van der Waals surface area contributed by atoms with Crippen molar-refractivity contribution in [1.29, 1.82) is 0 Å². The Labute approximate surface area is 130 Å². The standard InChI is InChI=1S/C13H23Cl2NO4/c1-13(2,3)20-12(19)10(4-5-11(17)18)16(8-6-14)9-7-15/h10H,4-9H2,1-3H3,(H,17,18)/t10-/m1/s1. The number of carboxylic acid groups (broad SMARTS) is 1. The molecule has 0 heterocycles. The molecule has 0 saturated carbocycles. The number of aliphatic carboxylic acids is 1. The highest BCUT2D eigenvalue weighted by Gasteiger charge is 2.30. The summed E-state index contributed by atoms with van der Waals surface area (Å²) < 4.78 is 5.35. The predicted octanol–water partition coefficient (Wildman–Crippen LogP) is 2.34. The van der Waals surface area contributed by atoms with Crippen LogP contribution in [-0.2, 0) is 14.3 Å². The van der Waals surface area contributed by atoms with Crippen molar-refractivity contribution in [3.05, 3.63) is 0 Å². The quantitative estimate of drug-likeness (QED) is 0.520. The normalized spacial score (nSPS) is 13.3. The van der Waals surface area contributed by atoms with E-state index in [2.05, 4.69) is 0 Å². The second kappa shape index (κ2) is 9.42. The van der Waals surface area contributed by atoms with E-state index in [1.165, 1.54) is 0 Å². The second-order valence-electron chi connectivity index (χ2n) is 5.40. The fourth-order valence-electron chi connectivity index (χ4n) is 1.72. The van der Waals surface area contributed by atoms with Gasteiger partial charge in [-0.1, -0.05) is 0 Å². The average Bonchev–Trinajstić information content (AvgIpc) is 2.26. The largest absolute Gasteiger partial charge is 0.481 e. The van der Waals surface area contributed by atoms with Crippen LogP contribution in [0.3, 0.4) is 0 Å². The fraction of sp³-hybridized carbons (Fsp3) is 0.846. The third kappa shape index (κ3) is 8.61. The van der Waals surface area contributed by atoms with Crippen LogP contribution >= 0.6 is 23.2 Å². The lowest BCUT2D eigenvalue weighted by atomic mass is 10.1. The molecule has 1 atom stereocenters. The highest BCUT2D eigenvalue weighted by molar-refractivity contribution is 6.18. The third-order valence-corrected chi connectivity index (χ3v) is 2.83. The number of rotatable bonds is 9. The molecule has 0 unspecified atom stereocenters. The van der Waals surface area contributed by atoms with Gasteiger partial charge in [0.15, 0.2) is 0 Å². The van der Waals surface area contributed by atoms with Crippen LogP contribution in [-0.4, -0.2) is 58.4 Å². The molecule has 0 aromatic rings. The van der Waals surface area contributed by atoms with Gasteiger partial charge in [-0.3, -0.25) is 14.5 Å². The van der Waals surface area contributed by atoms with E-state index in [-0.39, 0.29) is 12.8 Å². The molecule has 0 amide bonds. The van der Waals surface area contributed by atoms with Crippen molar-refractivity contribution in [3.8, 4) is 0 Å². The van der Waals surface area contributed by atoms with Crippen molar-refractivity contribution in [2.75, 3.05) is 24.8 Å². The minimum absolute atomic E-state index is 0.106. The Morgan fingerprint density at radius 1 is 1.20 bits per heavy atom. The van der Waals surface area contributed by atoms with Crippen LogP contribution in [0.4, 0.5) is 0 Å². The first-order valence-electron chi connectivity index (χ1n) is 6.52. The van der Waals surface area contributed by atoms with Crippen LogP contribution in [0.15, 0.2) is 0 Å². The highest BCUT2D eigenvalue weighted by atomic mass is 35.5. The summed E-state index contributed by atoms with van der Waals surface area (Å²) in [5, 5.41) is 8.80. The van der Waals surface area contributed by atoms with E-state index in [1.54, 1.807) is 25.7 Å². The van der Waals surface area contributed by atoms with Crippen LogP contribution in [0.25, 0.3) is 0 Å². The lowest BCUT2D eigenvalue weighted by molar-refractivity contribution is -0.161. The van der Waals surface area contributed by atoms with Gasteiger partial charge >= 0.3 is 11.9 Å². The zero-order valence-electron chi connectivity index (χ0n) is 12.2. The zero-order chi connectivity index (χ0) is 15.8. The molecule has 0 aliphatic heterocycles. The molecule has 0 aliphatic rings. The third-order valence-electron chi connectivity index (χ3n) is 2.49. The maximum absolute atomic E-state index is 12.2. The van der Waals surface area contributed by atoms with Crippen LogP contribution in [0.5, 0.6) is 0 Å². The summed E-state index contributed by atoms with van der Waals surface area (Å²) in [7, 11) is 0. The van der Waals surface area contributed by atoms with Gasteiger partial charge in [0.2, 0.25) is 0 Å². The average molecular weight is 328 g/mol. The number of carbonyl (C=O) groups is 2. The number of ether oxygens (including phenoxy) is 1. The Bertz CT molecular complexity index is 312. The van der Waals surface area contributed by atoms with E-state index in [0.29, 0.717) is 24.8 Å². The second-order valence-corrected chi connectivity index (χ2v) is 6.15. The molecule has 20 heavy (non-hydrogen) atoms. The number of nitrogens with zero attached hydrogens (tertiary/aromatic N) is 1. The van der Waals surface area contributed by atoms with Gasteiger partial charge < -0.3 is 9.84 Å². The van der Waals surface area contributed by atoms with Crippen molar-refractivity contribution >= 4 is 35.1 Å². The van der Waals surface area contributed by atoms with Crippen LogP contribution in [0.2, 0.25) is 0 Å². The molecule has 5 nitrogen and oxygen atoms in total. The molecule has 1 N–H and O–H groups in total. The Morgan fingerprint density at radius 3 is 2.05 bits per heavy atom. The molecular formula is C13H23Cl2NO4. The van der Waals surface area contributed by atoms with Crippen molar-refractivity contribution in [3.63, 3.8) is 0 Å². The van der Waals surface area contributed by atoms with Gasteiger partial charge in [-0.2, -0.15) is 0 Å². The zero-order valence-corrected chi connectivity index (χ0v) is 13.7. The molecule has 0 saturated heterocycles. The van der Waals surface area contributed by atoms with Gasteiger partial charge in [-0.25, -0.2) is 0 Å². The number of carbonyl (C=O) groups excluding carboxylic acids is 1. The van der Waals surface area contributed by atoms with Crippen molar-refractivity contribution < 1.29 is 19.4 Å². The minimum Gasteiger partial charge on any atom is -0.481 e. The summed E-state index contributed by atoms with van der Waals surface area (Å²) in [6.07, 6.45) is 0.0724. The molecule has 0 aromatic carbocycles. The van der Waals surface area contributed by atoms with E-state index in [4.69, 9.17) is 33.0 Å². The lowest BCUT2D eigenvalue weighted by Gasteiger charge is -2.31. The summed E-state index contributed by atoms with van der Waals surface area (Å²) in [6, 6.07) is -0.636. The molecule has 0 fully saturated rings. The molecule has 0 spiro atoms. The number of hydrogen-bond donors (Lipinski definition) is 1. The Balaban J connectivity index is 4.91. The maximum Gasteiger partial charge on any atom is 0.323 e. The Morgan fingerprint density at radius 2 is 1.70 bits per heavy atom. The first-order chi connectivity index (χ1) is 9.21. The molecule has 0 bridgehead atoms. The smallest absolute Gasteiger partial charge is 0.323 e. The maximum atomic E-state index is 12.2. The van der Waals surface area contributed by atoms with Gasteiger partial charge in [0.05, 0.1) is 0 Å². The van der Waals surface area contributed by atoms with Crippen molar-refractivity contribution in [1.82, 2.24) is 4.90 Å². The van der Waals surface area contributed by atoms with Gasteiger partial charge in [-0.05, 0) is 27.2 Å². The number of carboxylic acids is 1. The first-order valence-corrected chi connectivity index (χ1v) is 7.58. The van der Waals surface area contributed by atoms with Crippen LogP contribution in [0.1, 0.15) is 33.6 Å². The Hall–Kier alpha value is -0.520. The Kier molecular flexibility index (Phi) is 9.18. The molecule has 0 rings (SSSR count). The highest BCUT2D eigenvalue weighted by Crippen LogP contribution is 2.15. The van der Waals surface area contributed by atoms with E-state index in [9.17, 15) is 9.59 Å². The summed E-state index contributed by atoms with van der Waals surface area (Å²) in [5.41, 5.74) is -0.619. The van der Waals surface area contributed by atoms with Crippen LogP contribution in [0, 0.1) is 0 Å². The molecule has 0 aliphatic carbocycles. The molecular weight excluding hydrogens is 305 g/mol. The summed E-state index contributed by atoms with van der Waals surface area (Å²) in [4.78, 5) is 24.7. The van der Waals surface area contributed by atoms with Gasteiger partial charge in [0.25, 0.3) is 0 Å². The number of hydrogen-bond acceptors (Lipinski definition) is 4. The van der Waals surface area contributed by atoms with Gasteiger partial charge in [0, 0.05) is 31.3 Å². The van der Waals surface area contributed by atoms with E-state index < -0.39 is 23.6 Å². The first kappa shape index (κ1) is 19.5. The van der Waals surface area contributed by atoms with E-state index in [1.807, 2.05) is 0 Å². The summed E-state index contributed by atoms with van der Waals surface area (Å²) in [6.45, 7) is 6.22. The molecule has 118 valence electrons. The SMILES string of the molecule is CC(C)(C)OC(=O)[C@@H](CCC(=O)O)N(CCCl)CCCl. The fourth-order valence-corrected chi connectivity index (χ4v) is 2.15. The number of alkyl halides is 2. The van der Waals surface area contributed by atoms with Gasteiger partial charge in [0.1, 0.15) is 11.6 Å². The van der Waals surface area contributed by atoms with Crippen molar-refractivity contribution in [2.45, 2.75) is 45.3 Å². The van der Waals surface area contributed by atoms with Crippen LogP contribution < -0.4 is 0 Å². The lowest BCUT2D eigenvalue weighted by Crippen LogP contribution is -2.46. The van der Waals surface area contributed by atoms with Crippen molar-refractivity contribution in [2.24, 2.45) is 0 Å². The summed E-state index contributed by atoms with van der Waals surface area (Å²) >= 11 is 11.4.